The number of amides is 1. The minimum absolute atomic E-state index is 0.258. The Kier molecular flexibility index (Phi) is 7.35. The van der Waals surface area contributed by atoms with Crippen molar-refractivity contribution >= 4 is 29.3 Å². The van der Waals surface area contributed by atoms with Crippen molar-refractivity contribution < 1.29 is 19.1 Å². The van der Waals surface area contributed by atoms with Crippen molar-refractivity contribution in [2.75, 3.05) is 24.8 Å². The van der Waals surface area contributed by atoms with Gasteiger partial charge in [0.05, 0.1) is 13.5 Å². The zero-order valence-corrected chi connectivity index (χ0v) is 15.1. The Hall–Kier alpha value is -2.47. The highest BCUT2D eigenvalue weighted by molar-refractivity contribution is 7.99. The summed E-state index contributed by atoms with van der Waals surface area (Å²) >= 11 is 1.58. The Bertz CT molecular complexity index is 698. The molecular weight excluding hydrogens is 338 g/mol. The van der Waals surface area contributed by atoms with Crippen molar-refractivity contribution in [1.82, 2.24) is 0 Å². The van der Waals surface area contributed by atoms with Crippen LogP contribution >= 0.6 is 11.8 Å². The lowest BCUT2D eigenvalue weighted by Crippen LogP contribution is -2.21. The van der Waals surface area contributed by atoms with Crippen LogP contribution in [0.5, 0.6) is 5.75 Å². The van der Waals surface area contributed by atoms with E-state index in [9.17, 15) is 9.59 Å². The lowest BCUT2D eigenvalue weighted by molar-refractivity contribution is -0.146. The van der Waals surface area contributed by atoms with Gasteiger partial charge < -0.3 is 14.8 Å². The van der Waals surface area contributed by atoms with E-state index in [1.807, 2.05) is 31.2 Å². The second kappa shape index (κ2) is 9.74. The summed E-state index contributed by atoms with van der Waals surface area (Å²) < 4.78 is 10.0. The number of thioether (sulfide) groups is 1. The molecule has 0 spiro atoms. The molecule has 5 nitrogen and oxygen atoms in total. The summed E-state index contributed by atoms with van der Waals surface area (Å²) in [5.74, 6) is 0.562. The number of anilines is 1. The number of nitrogens with one attached hydrogen (secondary N) is 1. The molecule has 0 fully saturated rings. The summed E-state index contributed by atoms with van der Waals surface area (Å²) in [7, 11) is 1.57. The Balaban J connectivity index is 1.64. The first-order chi connectivity index (χ1) is 12.1. The maximum atomic E-state index is 11.8. The third-order valence-corrected chi connectivity index (χ3v) is 4.35. The van der Waals surface area contributed by atoms with Gasteiger partial charge in [0.15, 0.2) is 6.61 Å². The van der Waals surface area contributed by atoms with Crippen LogP contribution in [0.2, 0.25) is 0 Å². The monoisotopic (exact) mass is 359 g/mol. The lowest BCUT2D eigenvalue weighted by atomic mass is 10.2. The van der Waals surface area contributed by atoms with Crippen molar-refractivity contribution in [3.8, 4) is 5.75 Å². The van der Waals surface area contributed by atoms with Gasteiger partial charge in [-0.2, -0.15) is 0 Å². The summed E-state index contributed by atoms with van der Waals surface area (Å²) in [5.41, 5.74) is 1.82. The second-order valence-corrected chi connectivity index (χ2v) is 6.52. The van der Waals surface area contributed by atoms with Gasteiger partial charge in [0.2, 0.25) is 0 Å². The summed E-state index contributed by atoms with van der Waals surface area (Å²) in [6, 6.07) is 15.0. The maximum Gasteiger partial charge on any atom is 0.307 e. The van der Waals surface area contributed by atoms with Gasteiger partial charge in [-0.15, -0.1) is 11.8 Å². The molecule has 0 aliphatic heterocycles. The van der Waals surface area contributed by atoms with E-state index in [1.165, 1.54) is 5.56 Å². The smallest absolute Gasteiger partial charge is 0.307 e. The first kappa shape index (κ1) is 18.9. The quantitative estimate of drug-likeness (QED) is 0.575. The van der Waals surface area contributed by atoms with Gasteiger partial charge in [0, 0.05) is 16.3 Å². The van der Waals surface area contributed by atoms with Crippen molar-refractivity contribution in [1.29, 1.82) is 0 Å². The summed E-state index contributed by atoms with van der Waals surface area (Å²) in [5, 5.41) is 2.66. The molecule has 0 saturated carbocycles. The number of benzene rings is 2. The topological polar surface area (TPSA) is 64.6 Å². The fourth-order valence-electron chi connectivity index (χ4n) is 1.98. The zero-order chi connectivity index (χ0) is 18.1. The molecular formula is C19H21NO4S. The van der Waals surface area contributed by atoms with E-state index in [-0.39, 0.29) is 24.9 Å². The van der Waals surface area contributed by atoms with Crippen LogP contribution in [0.25, 0.3) is 0 Å². The molecule has 0 radical (unpaired) electrons. The molecule has 0 bridgehead atoms. The number of ether oxygens (including phenoxy) is 2. The lowest BCUT2D eigenvalue weighted by Gasteiger charge is -2.07. The minimum atomic E-state index is -0.385. The summed E-state index contributed by atoms with van der Waals surface area (Å²) in [4.78, 5) is 24.6. The van der Waals surface area contributed by atoms with Gasteiger partial charge in [0.1, 0.15) is 5.75 Å². The molecule has 0 aromatic heterocycles. The fourth-order valence-corrected chi connectivity index (χ4v) is 2.81. The van der Waals surface area contributed by atoms with Crippen LogP contribution in [-0.2, 0) is 14.3 Å². The van der Waals surface area contributed by atoms with Gasteiger partial charge in [-0.05, 0) is 43.3 Å². The van der Waals surface area contributed by atoms with Gasteiger partial charge >= 0.3 is 5.97 Å². The molecule has 0 aliphatic rings. The number of carbonyl (C=O) groups is 2. The first-order valence-corrected chi connectivity index (χ1v) is 8.84. The number of methoxy groups -OCH3 is 1. The molecule has 2 aromatic carbocycles. The molecule has 1 amide bonds. The predicted molar refractivity (Wildman–Crippen MR) is 99.1 cm³/mol. The van der Waals surface area contributed by atoms with E-state index in [0.717, 1.165) is 4.90 Å². The maximum absolute atomic E-state index is 11.8. The number of rotatable bonds is 8. The number of hydrogen-bond acceptors (Lipinski definition) is 5. The molecule has 0 saturated heterocycles. The van der Waals surface area contributed by atoms with E-state index < -0.39 is 0 Å². The van der Waals surface area contributed by atoms with Gasteiger partial charge in [0.25, 0.3) is 5.91 Å². The molecule has 25 heavy (non-hydrogen) atoms. The number of esters is 1. The average molecular weight is 359 g/mol. The Morgan fingerprint density at radius 2 is 1.72 bits per heavy atom. The van der Waals surface area contributed by atoms with Gasteiger partial charge in [-0.1, -0.05) is 17.7 Å². The molecule has 132 valence electrons. The van der Waals surface area contributed by atoms with Crippen LogP contribution in [0.4, 0.5) is 5.69 Å². The van der Waals surface area contributed by atoms with Gasteiger partial charge in [-0.25, -0.2) is 0 Å². The normalized spacial score (nSPS) is 10.2. The largest absolute Gasteiger partial charge is 0.497 e. The summed E-state index contributed by atoms with van der Waals surface area (Å²) in [6.45, 7) is 1.74. The standard InChI is InChI=1S/C19H21NO4S/c1-14-3-9-17(10-4-14)25-12-11-19(22)24-13-18(21)20-15-5-7-16(23-2)8-6-15/h3-10H,11-13H2,1-2H3,(H,20,21). The van der Waals surface area contributed by atoms with E-state index in [2.05, 4.69) is 5.32 Å². The van der Waals surface area contributed by atoms with Crippen molar-refractivity contribution in [2.45, 2.75) is 18.2 Å². The SMILES string of the molecule is COc1ccc(NC(=O)COC(=O)CCSc2ccc(C)cc2)cc1. The fraction of sp³-hybridized carbons (Fsp3) is 0.263. The Labute approximate surface area is 151 Å². The Morgan fingerprint density at radius 1 is 1.04 bits per heavy atom. The molecule has 0 atom stereocenters. The van der Waals surface area contributed by atoms with Crippen LogP contribution in [0.3, 0.4) is 0 Å². The molecule has 1 N–H and O–H groups in total. The Morgan fingerprint density at radius 3 is 2.36 bits per heavy atom. The third-order valence-electron chi connectivity index (χ3n) is 3.33. The van der Waals surface area contributed by atoms with Crippen LogP contribution in [0.1, 0.15) is 12.0 Å². The van der Waals surface area contributed by atoms with Crippen LogP contribution in [0.15, 0.2) is 53.4 Å². The van der Waals surface area contributed by atoms with E-state index in [4.69, 9.17) is 9.47 Å². The molecule has 2 aromatic rings. The minimum Gasteiger partial charge on any atom is -0.497 e. The van der Waals surface area contributed by atoms with E-state index >= 15 is 0 Å². The second-order valence-electron chi connectivity index (χ2n) is 5.35. The molecule has 0 aliphatic carbocycles. The van der Waals surface area contributed by atoms with Crippen molar-refractivity contribution in [3.63, 3.8) is 0 Å². The highest BCUT2D eigenvalue weighted by atomic mass is 32.2. The molecule has 0 heterocycles. The van der Waals surface area contributed by atoms with Crippen LogP contribution < -0.4 is 10.1 Å². The van der Waals surface area contributed by atoms with E-state index in [1.54, 1.807) is 43.1 Å². The van der Waals surface area contributed by atoms with E-state index in [0.29, 0.717) is 17.2 Å². The number of aryl methyl sites for hydroxylation is 1. The zero-order valence-electron chi connectivity index (χ0n) is 14.3. The van der Waals surface area contributed by atoms with Crippen LogP contribution in [-0.4, -0.2) is 31.3 Å². The van der Waals surface area contributed by atoms with Crippen LogP contribution in [0, 0.1) is 6.92 Å². The average Bonchev–Trinajstić information content (AvgIpc) is 2.62. The van der Waals surface area contributed by atoms with Crippen molar-refractivity contribution in [3.05, 3.63) is 54.1 Å². The van der Waals surface area contributed by atoms with Crippen molar-refractivity contribution in [2.24, 2.45) is 0 Å². The highest BCUT2D eigenvalue weighted by Gasteiger charge is 2.08. The van der Waals surface area contributed by atoms with Gasteiger partial charge in [-0.3, -0.25) is 9.59 Å². The predicted octanol–water partition coefficient (Wildman–Crippen LogP) is 3.67. The third kappa shape index (κ3) is 6.89. The molecule has 2 rings (SSSR count). The summed E-state index contributed by atoms with van der Waals surface area (Å²) in [6.07, 6.45) is 0.258. The molecule has 6 heteroatoms. The number of hydrogen-bond donors (Lipinski definition) is 1. The molecule has 0 unspecified atom stereocenters. The number of carbonyl (C=O) groups excluding carboxylic acids is 2. The first-order valence-electron chi connectivity index (χ1n) is 7.86. The highest BCUT2D eigenvalue weighted by Crippen LogP contribution is 2.19.